The second-order valence-electron chi connectivity index (χ2n) is 3.88. The van der Waals surface area contributed by atoms with Crippen molar-refractivity contribution < 1.29 is 14.3 Å². The van der Waals surface area contributed by atoms with Gasteiger partial charge in [-0.05, 0) is 24.6 Å². The van der Waals surface area contributed by atoms with Gasteiger partial charge in [0, 0.05) is 23.9 Å². The Balaban J connectivity index is 2.17. The summed E-state index contributed by atoms with van der Waals surface area (Å²) in [7, 11) is 0. The van der Waals surface area contributed by atoms with E-state index in [9.17, 15) is 4.39 Å². The van der Waals surface area contributed by atoms with Gasteiger partial charge in [0.2, 0.25) is 5.88 Å². The number of amidine groups is 1. The maximum absolute atomic E-state index is 13.3. The number of oxime groups is 1. The number of ether oxygens (including phenoxy) is 1. The predicted octanol–water partition coefficient (Wildman–Crippen LogP) is 2.42. The van der Waals surface area contributed by atoms with Gasteiger partial charge in [0.1, 0.15) is 11.6 Å². The highest BCUT2D eigenvalue weighted by molar-refractivity contribution is 5.96. The Bertz CT molecular complexity index is 612. The van der Waals surface area contributed by atoms with Crippen LogP contribution < -0.4 is 10.5 Å². The van der Waals surface area contributed by atoms with Gasteiger partial charge in [0.15, 0.2) is 5.84 Å². The molecule has 0 aliphatic carbocycles. The molecule has 0 spiro atoms. The molecular formula is C13H12FN3O2. The first-order valence-electron chi connectivity index (χ1n) is 5.48. The molecule has 2 aromatic rings. The van der Waals surface area contributed by atoms with E-state index in [2.05, 4.69) is 10.1 Å². The van der Waals surface area contributed by atoms with Gasteiger partial charge >= 0.3 is 0 Å². The second-order valence-corrected chi connectivity index (χ2v) is 3.88. The van der Waals surface area contributed by atoms with Gasteiger partial charge in [-0.3, -0.25) is 0 Å². The molecule has 0 atom stereocenters. The van der Waals surface area contributed by atoms with Crippen molar-refractivity contribution in [3.8, 4) is 11.6 Å². The molecule has 1 aromatic carbocycles. The van der Waals surface area contributed by atoms with Crippen molar-refractivity contribution >= 4 is 5.84 Å². The molecule has 0 bridgehead atoms. The van der Waals surface area contributed by atoms with E-state index in [0.717, 1.165) is 0 Å². The largest absolute Gasteiger partial charge is 0.439 e. The number of aromatic nitrogens is 1. The molecule has 0 saturated carbocycles. The third kappa shape index (κ3) is 2.98. The molecule has 0 fully saturated rings. The van der Waals surface area contributed by atoms with Gasteiger partial charge < -0.3 is 15.7 Å². The molecule has 0 amide bonds. The van der Waals surface area contributed by atoms with Gasteiger partial charge in [-0.25, -0.2) is 9.37 Å². The Hall–Kier alpha value is -2.63. The molecule has 19 heavy (non-hydrogen) atoms. The van der Waals surface area contributed by atoms with E-state index in [0.29, 0.717) is 16.9 Å². The van der Waals surface area contributed by atoms with E-state index in [1.54, 1.807) is 31.2 Å². The van der Waals surface area contributed by atoms with E-state index in [1.165, 1.54) is 12.3 Å². The zero-order valence-corrected chi connectivity index (χ0v) is 10.2. The fourth-order valence-electron chi connectivity index (χ4n) is 1.41. The zero-order chi connectivity index (χ0) is 13.8. The Morgan fingerprint density at radius 1 is 1.37 bits per heavy atom. The van der Waals surface area contributed by atoms with E-state index >= 15 is 0 Å². The standard InChI is InChI=1S/C13H12FN3O2/c1-8-2-4-10(6-11(8)14)19-12-5-3-9(7-16-12)13(15)17-18/h2-7,18H,1H3,(H2,15,17). The Labute approximate surface area is 109 Å². The molecule has 0 saturated heterocycles. The van der Waals surface area contributed by atoms with Crippen LogP contribution in [-0.2, 0) is 0 Å². The van der Waals surface area contributed by atoms with Crippen molar-refractivity contribution in [2.24, 2.45) is 10.9 Å². The number of nitrogens with two attached hydrogens (primary N) is 1. The summed E-state index contributed by atoms with van der Waals surface area (Å²) in [6.45, 7) is 1.67. The summed E-state index contributed by atoms with van der Waals surface area (Å²) in [5, 5.41) is 11.4. The second kappa shape index (κ2) is 5.34. The molecule has 2 rings (SSSR count). The third-order valence-electron chi connectivity index (χ3n) is 2.51. The summed E-state index contributed by atoms with van der Waals surface area (Å²) in [4.78, 5) is 3.98. The number of halogens is 1. The Morgan fingerprint density at radius 3 is 2.74 bits per heavy atom. The van der Waals surface area contributed by atoms with Crippen LogP contribution in [0.25, 0.3) is 0 Å². The summed E-state index contributed by atoms with van der Waals surface area (Å²) >= 11 is 0. The maximum atomic E-state index is 13.3. The van der Waals surface area contributed by atoms with Crippen LogP contribution in [0.2, 0.25) is 0 Å². The minimum Gasteiger partial charge on any atom is -0.439 e. The lowest BCUT2D eigenvalue weighted by Crippen LogP contribution is -2.13. The van der Waals surface area contributed by atoms with Crippen LogP contribution >= 0.6 is 0 Å². The SMILES string of the molecule is Cc1ccc(Oc2ccc(/C(N)=N/O)cn2)cc1F. The number of benzene rings is 1. The van der Waals surface area contributed by atoms with Crippen molar-refractivity contribution in [3.05, 3.63) is 53.5 Å². The lowest BCUT2D eigenvalue weighted by molar-refractivity contribution is 0.318. The van der Waals surface area contributed by atoms with Crippen molar-refractivity contribution in [1.29, 1.82) is 0 Å². The number of hydrogen-bond donors (Lipinski definition) is 2. The first-order chi connectivity index (χ1) is 9.10. The molecule has 1 heterocycles. The smallest absolute Gasteiger partial charge is 0.219 e. The minimum absolute atomic E-state index is 0.0413. The van der Waals surface area contributed by atoms with Crippen molar-refractivity contribution in [2.75, 3.05) is 0 Å². The predicted molar refractivity (Wildman–Crippen MR) is 68.0 cm³/mol. The highest BCUT2D eigenvalue weighted by Crippen LogP contribution is 2.21. The Kier molecular flexibility index (Phi) is 3.61. The van der Waals surface area contributed by atoms with E-state index in [-0.39, 0.29) is 17.5 Å². The molecule has 0 unspecified atom stereocenters. The van der Waals surface area contributed by atoms with Crippen LogP contribution in [-0.4, -0.2) is 16.0 Å². The van der Waals surface area contributed by atoms with Gasteiger partial charge in [0.05, 0.1) is 0 Å². The monoisotopic (exact) mass is 261 g/mol. The van der Waals surface area contributed by atoms with E-state index < -0.39 is 0 Å². The van der Waals surface area contributed by atoms with Crippen LogP contribution in [0.5, 0.6) is 11.6 Å². The molecule has 1 aromatic heterocycles. The number of rotatable bonds is 3. The van der Waals surface area contributed by atoms with Gasteiger partial charge in [-0.2, -0.15) is 0 Å². The first kappa shape index (κ1) is 12.8. The molecule has 0 aliphatic heterocycles. The van der Waals surface area contributed by atoms with Crippen LogP contribution in [0.1, 0.15) is 11.1 Å². The topological polar surface area (TPSA) is 80.7 Å². The van der Waals surface area contributed by atoms with Gasteiger partial charge in [-0.1, -0.05) is 11.2 Å². The van der Waals surface area contributed by atoms with Crippen molar-refractivity contribution in [1.82, 2.24) is 4.98 Å². The van der Waals surface area contributed by atoms with E-state index in [1.807, 2.05) is 0 Å². The van der Waals surface area contributed by atoms with E-state index in [4.69, 9.17) is 15.7 Å². The van der Waals surface area contributed by atoms with Crippen molar-refractivity contribution in [2.45, 2.75) is 6.92 Å². The van der Waals surface area contributed by atoms with Crippen LogP contribution in [0, 0.1) is 12.7 Å². The average Bonchev–Trinajstić information content (AvgIpc) is 2.43. The summed E-state index contributed by atoms with van der Waals surface area (Å²) < 4.78 is 18.7. The molecule has 3 N–H and O–H groups in total. The van der Waals surface area contributed by atoms with Crippen LogP contribution in [0.15, 0.2) is 41.7 Å². The molecule has 0 aliphatic rings. The fourth-order valence-corrected chi connectivity index (χ4v) is 1.41. The summed E-state index contributed by atoms with van der Waals surface area (Å²) in [6.07, 6.45) is 1.40. The number of aryl methyl sites for hydroxylation is 1. The fraction of sp³-hybridized carbons (Fsp3) is 0.0769. The van der Waals surface area contributed by atoms with Gasteiger partial charge in [0.25, 0.3) is 0 Å². The van der Waals surface area contributed by atoms with Gasteiger partial charge in [-0.15, -0.1) is 0 Å². The Morgan fingerprint density at radius 2 is 2.16 bits per heavy atom. The number of nitrogens with zero attached hydrogens (tertiary/aromatic N) is 2. The van der Waals surface area contributed by atoms with Crippen molar-refractivity contribution in [3.63, 3.8) is 0 Å². The highest BCUT2D eigenvalue weighted by atomic mass is 19.1. The summed E-state index contributed by atoms with van der Waals surface area (Å²) in [5.74, 6) is 0.260. The third-order valence-corrected chi connectivity index (χ3v) is 2.51. The molecule has 5 nitrogen and oxygen atoms in total. The molecular weight excluding hydrogens is 249 g/mol. The summed E-state index contributed by atoms with van der Waals surface area (Å²) in [6, 6.07) is 7.69. The minimum atomic E-state index is -0.342. The number of pyridine rings is 1. The lowest BCUT2D eigenvalue weighted by atomic mass is 10.2. The number of hydrogen-bond acceptors (Lipinski definition) is 4. The van der Waals surface area contributed by atoms with Crippen LogP contribution in [0.4, 0.5) is 4.39 Å². The molecule has 0 radical (unpaired) electrons. The summed E-state index contributed by atoms with van der Waals surface area (Å²) in [5.41, 5.74) is 6.41. The quantitative estimate of drug-likeness (QED) is 0.385. The maximum Gasteiger partial charge on any atom is 0.219 e. The van der Waals surface area contributed by atoms with Crippen LogP contribution in [0.3, 0.4) is 0 Å². The average molecular weight is 261 g/mol. The highest BCUT2D eigenvalue weighted by Gasteiger charge is 2.04. The lowest BCUT2D eigenvalue weighted by Gasteiger charge is -2.06. The normalized spacial score (nSPS) is 11.4. The molecule has 6 heteroatoms. The first-order valence-corrected chi connectivity index (χ1v) is 5.48. The zero-order valence-electron chi connectivity index (χ0n) is 10.2. The molecule has 98 valence electrons.